The molecule has 0 atom stereocenters. The van der Waals surface area contributed by atoms with E-state index in [2.05, 4.69) is 24.0 Å². The first kappa shape index (κ1) is 14.0. The molecule has 4 heteroatoms. The summed E-state index contributed by atoms with van der Waals surface area (Å²) in [4.78, 5) is 2.17. The first-order chi connectivity index (χ1) is 8.74. The van der Waals surface area contributed by atoms with Crippen LogP contribution in [0.5, 0.6) is 5.75 Å². The Hall–Kier alpha value is -2.04. The van der Waals surface area contributed by atoms with Gasteiger partial charge in [0.2, 0.25) is 0 Å². The van der Waals surface area contributed by atoms with Gasteiger partial charge >= 0.3 is 0 Å². The van der Waals surface area contributed by atoms with E-state index in [9.17, 15) is 0 Å². The van der Waals surface area contributed by atoms with Gasteiger partial charge in [0.05, 0.1) is 18.7 Å². The standard InChI is InChI=1S/C14H17N3O/c1-3-17(8-4-7-15)11-12-5-6-14(18-2)13(9-12)10-16/h5-6,9H,3-4,8,11H2,1-2H3. The summed E-state index contributed by atoms with van der Waals surface area (Å²) in [5.74, 6) is 0.598. The molecule has 0 aliphatic carbocycles. The molecule has 0 aromatic heterocycles. The number of ether oxygens (including phenoxy) is 1. The lowest BCUT2D eigenvalue weighted by molar-refractivity contribution is 0.286. The van der Waals surface area contributed by atoms with E-state index >= 15 is 0 Å². The van der Waals surface area contributed by atoms with Crippen LogP contribution in [-0.2, 0) is 6.54 Å². The van der Waals surface area contributed by atoms with Crippen molar-refractivity contribution in [3.63, 3.8) is 0 Å². The lowest BCUT2D eigenvalue weighted by atomic mass is 10.1. The molecule has 94 valence electrons. The second kappa shape index (κ2) is 7.32. The summed E-state index contributed by atoms with van der Waals surface area (Å²) >= 11 is 0. The second-order valence-corrected chi connectivity index (χ2v) is 3.92. The van der Waals surface area contributed by atoms with E-state index < -0.39 is 0 Å². The average molecular weight is 243 g/mol. The van der Waals surface area contributed by atoms with Crippen molar-refractivity contribution in [2.24, 2.45) is 0 Å². The first-order valence-electron chi connectivity index (χ1n) is 5.91. The third kappa shape index (κ3) is 3.76. The van der Waals surface area contributed by atoms with Crippen LogP contribution in [0.2, 0.25) is 0 Å². The van der Waals surface area contributed by atoms with Crippen LogP contribution < -0.4 is 4.74 Å². The minimum absolute atomic E-state index is 0.523. The van der Waals surface area contributed by atoms with E-state index in [0.29, 0.717) is 17.7 Å². The van der Waals surface area contributed by atoms with Crippen molar-refractivity contribution in [3.8, 4) is 17.9 Å². The Morgan fingerprint density at radius 1 is 1.33 bits per heavy atom. The number of hydrogen-bond donors (Lipinski definition) is 0. The molecule has 1 rings (SSSR count). The van der Waals surface area contributed by atoms with Crippen LogP contribution in [-0.4, -0.2) is 25.1 Å². The van der Waals surface area contributed by atoms with Gasteiger partial charge in [-0.1, -0.05) is 13.0 Å². The third-order valence-corrected chi connectivity index (χ3v) is 2.78. The molecular formula is C14H17N3O. The molecule has 0 aliphatic rings. The number of nitrogens with zero attached hydrogens (tertiary/aromatic N) is 3. The molecule has 0 radical (unpaired) electrons. The SMILES string of the molecule is CCN(CCC#N)Cc1ccc(OC)c(C#N)c1. The highest BCUT2D eigenvalue weighted by atomic mass is 16.5. The van der Waals surface area contributed by atoms with Crippen molar-refractivity contribution in [1.82, 2.24) is 4.90 Å². The van der Waals surface area contributed by atoms with E-state index in [-0.39, 0.29) is 0 Å². The van der Waals surface area contributed by atoms with Crippen LogP contribution >= 0.6 is 0 Å². The van der Waals surface area contributed by atoms with Gasteiger partial charge in [-0.25, -0.2) is 0 Å². The summed E-state index contributed by atoms with van der Waals surface area (Å²) in [7, 11) is 1.56. The van der Waals surface area contributed by atoms with Gasteiger partial charge in [-0.15, -0.1) is 0 Å². The zero-order valence-corrected chi connectivity index (χ0v) is 10.8. The quantitative estimate of drug-likeness (QED) is 0.769. The van der Waals surface area contributed by atoms with Gasteiger partial charge in [-0.3, -0.25) is 4.90 Å². The lowest BCUT2D eigenvalue weighted by Gasteiger charge is -2.19. The minimum Gasteiger partial charge on any atom is -0.495 e. The maximum absolute atomic E-state index is 9.02. The molecule has 0 saturated carbocycles. The summed E-state index contributed by atoms with van der Waals surface area (Å²) in [6, 6.07) is 9.88. The largest absolute Gasteiger partial charge is 0.495 e. The van der Waals surface area contributed by atoms with Crippen LogP contribution in [0.15, 0.2) is 18.2 Å². The van der Waals surface area contributed by atoms with Crippen molar-refractivity contribution in [1.29, 1.82) is 10.5 Å². The number of methoxy groups -OCH3 is 1. The molecule has 0 amide bonds. The topological polar surface area (TPSA) is 60.1 Å². The highest BCUT2D eigenvalue weighted by Crippen LogP contribution is 2.19. The van der Waals surface area contributed by atoms with Gasteiger partial charge in [0.1, 0.15) is 11.8 Å². The van der Waals surface area contributed by atoms with Gasteiger partial charge in [-0.05, 0) is 24.2 Å². The Kier molecular flexibility index (Phi) is 5.70. The van der Waals surface area contributed by atoms with Gasteiger partial charge < -0.3 is 4.74 Å². The Bertz CT molecular complexity index is 471. The van der Waals surface area contributed by atoms with Crippen molar-refractivity contribution in [2.45, 2.75) is 19.9 Å². The fourth-order valence-corrected chi connectivity index (χ4v) is 1.76. The smallest absolute Gasteiger partial charge is 0.136 e. The molecule has 0 fully saturated rings. The number of rotatable bonds is 6. The summed E-state index contributed by atoms with van der Waals surface area (Å²) in [5.41, 5.74) is 1.61. The highest BCUT2D eigenvalue weighted by Gasteiger charge is 2.07. The normalized spacial score (nSPS) is 9.83. The Balaban J connectivity index is 2.78. The van der Waals surface area contributed by atoms with Gasteiger partial charge in [0.15, 0.2) is 0 Å². The Morgan fingerprint density at radius 2 is 2.11 bits per heavy atom. The Morgan fingerprint density at radius 3 is 2.67 bits per heavy atom. The number of hydrogen-bond acceptors (Lipinski definition) is 4. The molecule has 0 spiro atoms. The summed E-state index contributed by atoms with van der Waals surface area (Å²) in [5, 5.41) is 17.6. The molecule has 4 nitrogen and oxygen atoms in total. The predicted molar refractivity (Wildman–Crippen MR) is 68.9 cm³/mol. The van der Waals surface area contributed by atoms with Gasteiger partial charge in [-0.2, -0.15) is 10.5 Å². The molecular weight excluding hydrogens is 226 g/mol. The maximum Gasteiger partial charge on any atom is 0.136 e. The van der Waals surface area contributed by atoms with Crippen molar-refractivity contribution in [3.05, 3.63) is 29.3 Å². The average Bonchev–Trinajstić information content (AvgIpc) is 2.43. The van der Waals surface area contributed by atoms with Crippen molar-refractivity contribution < 1.29 is 4.74 Å². The van der Waals surface area contributed by atoms with Gasteiger partial charge in [0.25, 0.3) is 0 Å². The molecule has 0 heterocycles. The Labute approximate surface area is 108 Å². The highest BCUT2D eigenvalue weighted by molar-refractivity contribution is 5.45. The van der Waals surface area contributed by atoms with Crippen LogP contribution in [0.1, 0.15) is 24.5 Å². The molecule has 0 N–H and O–H groups in total. The van der Waals surface area contributed by atoms with Crippen LogP contribution in [0.25, 0.3) is 0 Å². The molecule has 0 bridgehead atoms. The molecule has 18 heavy (non-hydrogen) atoms. The monoisotopic (exact) mass is 243 g/mol. The molecule has 1 aromatic rings. The van der Waals surface area contributed by atoms with E-state index in [1.807, 2.05) is 18.2 Å². The lowest BCUT2D eigenvalue weighted by Crippen LogP contribution is -2.23. The van der Waals surface area contributed by atoms with Crippen LogP contribution in [0.4, 0.5) is 0 Å². The zero-order valence-electron chi connectivity index (χ0n) is 10.8. The van der Waals surface area contributed by atoms with Gasteiger partial charge in [0, 0.05) is 19.5 Å². The maximum atomic E-state index is 9.02. The van der Waals surface area contributed by atoms with Crippen LogP contribution in [0, 0.1) is 22.7 Å². The molecule has 0 unspecified atom stereocenters. The van der Waals surface area contributed by atoms with E-state index in [4.69, 9.17) is 15.3 Å². The fraction of sp³-hybridized carbons (Fsp3) is 0.429. The molecule has 0 aliphatic heterocycles. The molecule has 1 aromatic carbocycles. The first-order valence-corrected chi connectivity index (χ1v) is 5.91. The second-order valence-electron chi connectivity index (χ2n) is 3.92. The number of benzene rings is 1. The zero-order chi connectivity index (χ0) is 13.4. The van der Waals surface area contributed by atoms with E-state index in [1.54, 1.807) is 7.11 Å². The molecule has 0 saturated heterocycles. The third-order valence-electron chi connectivity index (χ3n) is 2.78. The summed E-state index contributed by atoms with van der Waals surface area (Å²) < 4.78 is 5.11. The minimum atomic E-state index is 0.523. The number of nitriles is 2. The summed E-state index contributed by atoms with van der Waals surface area (Å²) in [6.07, 6.45) is 0.523. The van der Waals surface area contributed by atoms with Crippen LogP contribution in [0.3, 0.4) is 0 Å². The van der Waals surface area contributed by atoms with E-state index in [1.165, 1.54) is 0 Å². The van der Waals surface area contributed by atoms with Crippen molar-refractivity contribution in [2.75, 3.05) is 20.2 Å². The summed E-state index contributed by atoms with van der Waals surface area (Å²) in [6.45, 7) is 4.44. The van der Waals surface area contributed by atoms with E-state index in [0.717, 1.165) is 25.2 Å². The van der Waals surface area contributed by atoms with Crippen molar-refractivity contribution >= 4 is 0 Å². The predicted octanol–water partition coefficient (Wildman–Crippen LogP) is 2.30. The fourth-order valence-electron chi connectivity index (χ4n) is 1.76.